The molecule has 0 aliphatic heterocycles. The van der Waals surface area contributed by atoms with Crippen LogP contribution in [0.1, 0.15) is 43.0 Å². The minimum Gasteiger partial charge on any atom is -0.497 e. The van der Waals surface area contributed by atoms with Crippen molar-refractivity contribution in [3.63, 3.8) is 0 Å². The Hall–Kier alpha value is -2.49. The van der Waals surface area contributed by atoms with Gasteiger partial charge in [0.05, 0.1) is 13.2 Å². The minimum absolute atomic E-state index is 0.00758. The lowest BCUT2D eigenvalue weighted by Crippen LogP contribution is -2.33. The van der Waals surface area contributed by atoms with Gasteiger partial charge in [0.2, 0.25) is 0 Å². The number of aryl methyl sites for hydroxylation is 2. The van der Waals surface area contributed by atoms with Crippen LogP contribution in [-0.2, 0) is 4.79 Å². The van der Waals surface area contributed by atoms with Crippen LogP contribution in [0.15, 0.2) is 42.5 Å². The molecule has 0 spiro atoms. The normalized spacial score (nSPS) is 11.9. The van der Waals surface area contributed by atoms with Crippen molar-refractivity contribution >= 4 is 5.91 Å². The van der Waals surface area contributed by atoms with Crippen LogP contribution in [0.4, 0.5) is 0 Å². The zero-order valence-corrected chi connectivity index (χ0v) is 16.3. The SMILES string of the molecule is COc1ccc([C@H](CC(C)C)NC(=O)COc2cc(C)cc(C)c2)cc1. The summed E-state index contributed by atoms with van der Waals surface area (Å²) in [4.78, 5) is 12.4. The molecule has 0 aliphatic rings. The third-order valence-corrected chi connectivity index (χ3v) is 4.13. The lowest BCUT2D eigenvalue weighted by atomic mass is 9.97. The van der Waals surface area contributed by atoms with E-state index in [0.29, 0.717) is 5.92 Å². The van der Waals surface area contributed by atoms with Crippen molar-refractivity contribution in [3.05, 3.63) is 59.2 Å². The molecule has 0 heterocycles. The number of ether oxygens (including phenoxy) is 2. The molecule has 1 N–H and O–H groups in total. The van der Waals surface area contributed by atoms with E-state index in [2.05, 4.69) is 25.2 Å². The molecule has 2 aromatic rings. The number of carbonyl (C=O) groups is 1. The zero-order chi connectivity index (χ0) is 19.1. The molecule has 0 aromatic heterocycles. The van der Waals surface area contributed by atoms with Gasteiger partial charge in [-0.15, -0.1) is 0 Å². The summed E-state index contributed by atoms with van der Waals surface area (Å²) >= 11 is 0. The van der Waals surface area contributed by atoms with Crippen LogP contribution in [0.2, 0.25) is 0 Å². The Morgan fingerprint density at radius 2 is 1.62 bits per heavy atom. The highest BCUT2D eigenvalue weighted by molar-refractivity contribution is 5.78. The number of hydrogen-bond donors (Lipinski definition) is 1. The Morgan fingerprint density at radius 3 is 2.15 bits per heavy atom. The summed E-state index contributed by atoms with van der Waals surface area (Å²) < 4.78 is 10.9. The Bertz CT molecular complexity index is 702. The topological polar surface area (TPSA) is 47.6 Å². The molecule has 0 radical (unpaired) electrons. The highest BCUT2D eigenvalue weighted by Crippen LogP contribution is 2.23. The predicted molar refractivity (Wildman–Crippen MR) is 105 cm³/mol. The van der Waals surface area contributed by atoms with Crippen LogP contribution in [0.25, 0.3) is 0 Å². The van der Waals surface area contributed by atoms with E-state index in [4.69, 9.17) is 9.47 Å². The number of carbonyl (C=O) groups excluding carboxylic acids is 1. The molecule has 0 unspecified atom stereocenters. The first kappa shape index (κ1) is 19.8. The highest BCUT2D eigenvalue weighted by Gasteiger charge is 2.17. The summed E-state index contributed by atoms with van der Waals surface area (Å²) in [6, 6.07) is 13.7. The molecule has 4 nitrogen and oxygen atoms in total. The second kappa shape index (κ2) is 9.27. The predicted octanol–water partition coefficient (Wildman–Crippen LogP) is 4.59. The van der Waals surface area contributed by atoms with Crippen molar-refractivity contribution in [2.75, 3.05) is 13.7 Å². The van der Waals surface area contributed by atoms with Crippen molar-refractivity contribution in [2.24, 2.45) is 5.92 Å². The summed E-state index contributed by atoms with van der Waals surface area (Å²) in [6.45, 7) is 8.33. The molecule has 0 aliphatic carbocycles. The molecular formula is C22H29NO3. The van der Waals surface area contributed by atoms with Gasteiger partial charge in [0.1, 0.15) is 11.5 Å². The minimum atomic E-state index is -0.120. The molecule has 0 saturated carbocycles. The van der Waals surface area contributed by atoms with Gasteiger partial charge in [-0.1, -0.05) is 32.0 Å². The summed E-state index contributed by atoms with van der Waals surface area (Å²) in [5.41, 5.74) is 3.31. The largest absolute Gasteiger partial charge is 0.497 e. The van der Waals surface area contributed by atoms with E-state index >= 15 is 0 Å². The molecule has 140 valence electrons. The van der Waals surface area contributed by atoms with E-state index in [1.807, 2.05) is 50.2 Å². The molecular weight excluding hydrogens is 326 g/mol. The molecule has 1 atom stereocenters. The van der Waals surface area contributed by atoms with E-state index in [0.717, 1.165) is 34.6 Å². The van der Waals surface area contributed by atoms with Crippen LogP contribution in [0, 0.1) is 19.8 Å². The third kappa shape index (κ3) is 6.10. The third-order valence-electron chi connectivity index (χ3n) is 4.13. The van der Waals surface area contributed by atoms with E-state index in [1.165, 1.54) is 0 Å². The summed E-state index contributed by atoms with van der Waals surface area (Å²) in [5.74, 6) is 1.87. The van der Waals surface area contributed by atoms with Crippen LogP contribution in [-0.4, -0.2) is 19.6 Å². The average molecular weight is 355 g/mol. The van der Waals surface area contributed by atoms with Gasteiger partial charge in [-0.2, -0.15) is 0 Å². The zero-order valence-electron chi connectivity index (χ0n) is 16.3. The van der Waals surface area contributed by atoms with Crippen molar-refractivity contribution in [1.29, 1.82) is 0 Å². The molecule has 4 heteroatoms. The maximum Gasteiger partial charge on any atom is 0.258 e. The van der Waals surface area contributed by atoms with Crippen molar-refractivity contribution in [2.45, 2.75) is 40.2 Å². The summed E-state index contributed by atoms with van der Waals surface area (Å²) in [6.07, 6.45) is 0.863. The molecule has 2 aromatic carbocycles. The number of hydrogen-bond acceptors (Lipinski definition) is 3. The van der Waals surface area contributed by atoms with Gasteiger partial charge in [0.25, 0.3) is 5.91 Å². The number of amides is 1. The Balaban J connectivity index is 2.00. The van der Waals surface area contributed by atoms with Crippen LogP contribution < -0.4 is 14.8 Å². The van der Waals surface area contributed by atoms with Crippen LogP contribution >= 0.6 is 0 Å². The first-order valence-corrected chi connectivity index (χ1v) is 9.01. The first-order chi connectivity index (χ1) is 12.4. The number of nitrogens with one attached hydrogen (secondary N) is 1. The number of methoxy groups -OCH3 is 1. The maximum atomic E-state index is 12.4. The molecule has 1 amide bonds. The van der Waals surface area contributed by atoms with E-state index in [1.54, 1.807) is 7.11 Å². The second-order valence-corrected chi connectivity index (χ2v) is 7.13. The quantitative estimate of drug-likeness (QED) is 0.753. The van der Waals surface area contributed by atoms with Crippen LogP contribution in [0.5, 0.6) is 11.5 Å². The van der Waals surface area contributed by atoms with Gasteiger partial charge >= 0.3 is 0 Å². The van der Waals surface area contributed by atoms with Crippen LogP contribution in [0.3, 0.4) is 0 Å². The summed E-state index contributed by atoms with van der Waals surface area (Å²) in [5, 5.41) is 3.10. The molecule has 0 saturated heterocycles. The Kier molecular flexibility index (Phi) is 7.07. The van der Waals surface area contributed by atoms with Gasteiger partial charge in [0, 0.05) is 0 Å². The van der Waals surface area contributed by atoms with E-state index in [-0.39, 0.29) is 18.6 Å². The molecule has 0 bridgehead atoms. The monoisotopic (exact) mass is 355 g/mol. The van der Waals surface area contributed by atoms with Gasteiger partial charge < -0.3 is 14.8 Å². The van der Waals surface area contributed by atoms with E-state index < -0.39 is 0 Å². The highest BCUT2D eigenvalue weighted by atomic mass is 16.5. The standard InChI is InChI=1S/C22H29NO3/c1-15(2)10-21(18-6-8-19(25-5)9-7-18)23-22(24)14-26-20-12-16(3)11-17(4)13-20/h6-9,11-13,15,21H,10,14H2,1-5H3,(H,23,24)/t21-/m0/s1. The van der Waals surface area contributed by atoms with Crippen molar-refractivity contribution in [1.82, 2.24) is 5.32 Å². The number of benzene rings is 2. The maximum absolute atomic E-state index is 12.4. The molecule has 0 fully saturated rings. The lowest BCUT2D eigenvalue weighted by molar-refractivity contribution is -0.124. The van der Waals surface area contributed by atoms with Crippen molar-refractivity contribution in [3.8, 4) is 11.5 Å². The molecule has 26 heavy (non-hydrogen) atoms. The fraction of sp³-hybridized carbons (Fsp3) is 0.409. The van der Waals surface area contributed by atoms with Gasteiger partial charge in [0.15, 0.2) is 6.61 Å². The fourth-order valence-corrected chi connectivity index (χ4v) is 2.99. The first-order valence-electron chi connectivity index (χ1n) is 9.01. The van der Waals surface area contributed by atoms with Gasteiger partial charge in [-0.3, -0.25) is 4.79 Å². The Labute approximate surface area is 156 Å². The average Bonchev–Trinajstić information content (AvgIpc) is 2.58. The summed E-state index contributed by atoms with van der Waals surface area (Å²) in [7, 11) is 1.65. The smallest absolute Gasteiger partial charge is 0.258 e. The molecule has 2 rings (SSSR count). The van der Waals surface area contributed by atoms with Gasteiger partial charge in [-0.25, -0.2) is 0 Å². The second-order valence-electron chi connectivity index (χ2n) is 7.13. The number of rotatable bonds is 8. The Morgan fingerprint density at radius 1 is 1.00 bits per heavy atom. The fourth-order valence-electron chi connectivity index (χ4n) is 2.99. The lowest BCUT2D eigenvalue weighted by Gasteiger charge is -2.21. The van der Waals surface area contributed by atoms with E-state index in [9.17, 15) is 4.79 Å². The van der Waals surface area contributed by atoms with Gasteiger partial charge in [-0.05, 0) is 67.1 Å². The van der Waals surface area contributed by atoms with Crippen molar-refractivity contribution < 1.29 is 14.3 Å².